The number of halogens is 1. The van der Waals surface area contributed by atoms with Crippen LogP contribution in [0.15, 0.2) is 46.0 Å². The molecule has 1 aromatic carbocycles. The average molecular weight is 678 g/mol. The number of piperidine rings is 1. The highest BCUT2D eigenvalue weighted by molar-refractivity contribution is 7.91. The number of rotatable bonds is 9. The van der Waals surface area contributed by atoms with Crippen molar-refractivity contribution >= 4 is 72.1 Å². The molecule has 14 heteroatoms. The number of nitrogens with one attached hydrogen (secondary N) is 1. The number of carbonyl (C=O) groups excluding carboxylic acids is 3. The number of likely N-dealkylation sites (N-methyl/N-ethyl adjacent to an activating group) is 1. The van der Waals surface area contributed by atoms with Gasteiger partial charge in [0.05, 0.1) is 11.4 Å². The van der Waals surface area contributed by atoms with Gasteiger partial charge in [-0.05, 0) is 73.2 Å². The summed E-state index contributed by atoms with van der Waals surface area (Å²) >= 11 is 8.64. The molecule has 0 saturated carbocycles. The molecule has 3 aromatic rings. The summed E-state index contributed by atoms with van der Waals surface area (Å²) in [5, 5.41) is 3.16. The Balaban J connectivity index is 1.03. The molecule has 0 aliphatic carbocycles. The molecule has 5 heterocycles. The molecule has 44 heavy (non-hydrogen) atoms. The van der Waals surface area contributed by atoms with Crippen LogP contribution in [0, 0.1) is 0 Å². The molecule has 10 nitrogen and oxygen atoms in total. The Morgan fingerprint density at radius 2 is 1.91 bits per heavy atom. The smallest absolute Gasteiger partial charge is 0.263 e. The zero-order valence-electron chi connectivity index (χ0n) is 24.5. The molecule has 0 radical (unpaired) electrons. The van der Waals surface area contributed by atoms with Gasteiger partial charge in [-0.15, -0.1) is 22.7 Å². The lowest BCUT2D eigenvalue weighted by Gasteiger charge is -2.35. The van der Waals surface area contributed by atoms with Gasteiger partial charge in [-0.2, -0.15) is 4.72 Å². The van der Waals surface area contributed by atoms with Gasteiger partial charge in [0.15, 0.2) is 0 Å². The number of carbonyl (C=O) groups is 3. The molecule has 0 bridgehead atoms. The first-order chi connectivity index (χ1) is 21.1. The zero-order valence-corrected chi connectivity index (χ0v) is 27.7. The Bertz CT molecular complexity index is 1650. The van der Waals surface area contributed by atoms with Crippen LogP contribution in [0.5, 0.6) is 0 Å². The van der Waals surface area contributed by atoms with Crippen molar-refractivity contribution in [2.75, 3.05) is 46.3 Å². The Hall–Kier alpha value is -2.55. The van der Waals surface area contributed by atoms with E-state index in [0.717, 1.165) is 65.2 Å². The Kier molecular flexibility index (Phi) is 9.32. The minimum absolute atomic E-state index is 0.0463. The quantitative estimate of drug-likeness (QED) is 0.370. The highest BCUT2D eigenvalue weighted by Gasteiger charge is 2.38. The summed E-state index contributed by atoms with van der Waals surface area (Å²) in [6.07, 6.45) is 3.67. The summed E-state index contributed by atoms with van der Waals surface area (Å²) in [4.78, 5) is 48.0. The second kappa shape index (κ2) is 13.1. The van der Waals surface area contributed by atoms with E-state index < -0.39 is 16.1 Å². The zero-order chi connectivity index (χ0) is 31.0. The predicted molar refractivity (Wildman–Crippen MR) is 173 cm³/mol. The van der Waals surface area contributed by atoms with E-state index in [1.165, 1.54) is 16.2 Å². The third-order valence-corrected chi connectivity index (χ3v) is 13.0. The molecule has 6 rings (SSSR count). The van der Waals surface area contributed by atoms with Gasteiger partial charge in [-0.25, -0.2) is 8.42 Å². The fourth-order valence-corrected chi connectivity index (χ4v) is 10.0. The third kappa shape index (κ3) is 6.68. The lowest BCUT2D eigenvalue weighted by atomic mass is 10.1. The molecule has 1 unspecified atom stereocenters. The van der Waals surface area contributed by atoms with Gasteiger partial charge in [0.25, 0.3) is 15.9 Å². The van der Waals surface area contributed by atoms with E-state index in [2.05, 4.69) is 9.62 Å². The highest BCUT2D eigenvalue weighted by Crippen LogP contribution is 2.31. The Morgan fingerprint density at radius 1 is 1.09 bits per heavy atom. The predicted octanol–water partition coefficient (Wildman–Crippen LogP) is 3.72. The summed E-state index contributed by atoms with van der Waals surface area (Å²) in [6.45, 7) is 3.37. The fourth-order valence-electron chi connectivity index (χ4n) is 6.51. The summed E-state index contributed by atoms with van der Waals surface area (Å²) in [6, 6.07) is 9.78. The molecular weight excluding hydrogens is 642 g/mol. The SMILES string of the molecule is CN(C(=O)c1cccs1)C1CCN(C[C@@H]2CCCN2C(=O)CN2CCC[C@H](NS(=O)(=O)c3cc4cc(Cl)ccc4s3)C2=O)C1. The van der Waals surface area contributed by atoms with E-state index in [1.807, 2.05) is 34.4 Å². The first-order valence-corrected chi connectivity index (χ1v) is 18.5. The molecule has 3 atom stereocenters. The third-order valence-electron chi connectivity index (χ3n) is 8.89. The van der Waals surface area contributed by atoms with Gasteiger partial charge in [-0.1, -0.05) is 17.7 Å². The number of likely N-dealkylation sites (tertiary alicyclic amines) is 3. The lowest BCUT2D eigenvalue weighted by Crippen LogP contribution is -2.55. The molecule has 3 saturated heterocycles. The largest absolute Gasteiger partial charge is 0.337 e. The van der Waals surface area contributed by atoms with Crippen molar-refractivity contribution in [3.05, 3.63) is 51.7 Å². The van der Waals surface area contributed by atoms with Crippen LogP contribution in [0.3, 0.4) is 0 Å². The number of amides is 3. The molecule has 1 N–H and O–H groups in total. The van der Waals surface area contributed by atoms with Gasteiger partial charge >= 0.3 is 0 Å². The molecule has 3 amide bonds. The molecule has 0 spiro atoms. The molecule has 3 aliphatic heterocycles. The van der Waals surface area contributed by atoms with Gasteiger partial charge in [0.1, 0.15) is 10.3 Å². The first-order valence-electron chi connectivity index (χ1n) is 14.9. The van der Waals surface area contributed by atoms with E-state index in [-0.39, 0.29) is 40.6 Å². The van der Waals surface area contributed by atoms with Crippen molar-refractivity contribution in [1.29, 1.82) is 0 Å². The van der Waals surface area contributed by atoms with E-state index in [0.29, 0.717) is 31.0 Å². The van der Waals surface area contributed by atoms with Gasteiger partial charge in [-0.3, -0.25) is 19.3 Å². The van der Waals surface area contributed by atoms with Crippen LogP contribution in [0.25, 0.3) is 10.1 Å². The van der Waals surface area contributed by atoms with Crippen molar-refractivity contribution in [2.24, 2.45) is 0 Å². The number of sulfonamides is 1. The molecule has 236 valence electrons. The van der Waals surface area contributed by atoms with Crippen LogP contribution < -0.4 is 4.72 Å². The lowest BCUT2D eigenvalue weighted by molar-refractivity contribution is -0.143. The van der Waals surface area contributed by atoms with E-state index in [9.17, 15) is 22.8 Å². The summed E-state index contributed by atoms with van der Waals surface area (Å²) < 4.78 is 29.9. The monoisotopic (exact) mass is 677 g/mol. The maximum atomic E-state index is 13.5. The normalized spacial score (nSPS) is 23.1. The van der Waals surface area contributed by atoms with Gasteiger partial charge in [0.2, 0.25) is 11.8 Å². The van der Waals surface area contributed by atoms with Crippen LogP contribution in [-0.4, -0.2) is 110 Å². The van der Waals surface area contributed by atoms with Crippen LogP contribution in [0.1, 0.15) is 41.8 Å². The summed E-state index contributed by atoms with van der Waals surface area (Å²) in [5.74, 6) is -0.426. The highest BCUT2D eigenvalue weighted by atomic mass is 35.5. The van der Waals surface area contributed by atoms with Crippen molar-refractivity contribution in [1.82, 2.24) is 24.3 Å². The van der Waals surface area contributed by atoms with Crippen LogP contribution in [-0.2, 0) is 19.6 Å². The van der Waals surface area contributed by atoms with E-state index in [1.54, 1.807) is 24.3 Å². The summed E-state index contributed by atoms with van der Waals surface area (Å²) in [7, 11) is -2.07. The maximum absolute atomic E-state index is 13.5. The summed E-state index contributed by atoms with van der Waals surface area (Å²) in [5.41, 5.74) is 0. The van der Waals surface area contributed by atoms with Crippen LogP contribution in [0.2, 0.25) is 5.02 Å². The number of thiophene rings is 2. The average Bonchev–Trinajstić information content (AvgIpc) is 3.81. The van der Waals surface area contributed by atoms with Crippen molar-refractivity contribution in [3.63, 3.8) is 0 Å². The Labute approximate surface area is 270 Å². The van der Waals surface area contributed by atoms with E-state index >= 15 is 0 Å². The molecule has 3 fully saturated rings. The second-order valence-corrected chi connectivity index (χ2v) is 16.2. The topological polar surface area (TPSA) is 110 Å². The van der Waals surface area contributed by atoms with Crippen LogP contribution in [0.4, 0.5) is 0 Å². The number of fused-ring (bicyclic) bond motifs is 1. The van der Waals surface area contributed by atoms with Crippen molar-refractivity contribution in [2.45, 2.75) is 54.4 Å². The number of hydrogen-bond acceptors (Lipinski definition) is 8. The first kappa shape index (κ1) is 31.4. The second-order valence-electron chi connectivity index (χ2n) is 11.8. The van der Waals surface area contributed by atoms with Crippen molar-refractivity contribution < 1.29 is 22.8 Å². The molecular formula is C30H36ClN5O5S3. The minimum Gasteiger partial charge on any atom is -0.337 e. The standard InChI is InChI=1S/C30H36ClN5O5S3/c1-33(30(39)26-7-4-14-42-26)22-10-13-34(17-22)18-23-5-2-12-36(23)27(37)19-35-11-3-6-24(29(35)38)32-44(40,41)28-16-20-15-21(31)8-9-25(20)43-28/h4,7-9,14-16,22-24,32H,2-3,5-6,10-13,17-19H2,1H3/t22?,23-,24-/m0/s1. The molecule has 2 aromatic heterocycles. The number of nitrogens with zero attached hydrogens (tertiary/aromatic N) is 4. The van der Waals surface area contributed by atoms with Crippen molar-refractivity contribution in [3.8, 4) is 0 Å². The fraction of sp³-hybridized carbons (Fsp3) is 0.500. The maximum Gasteiger partial charge on any atom is 0.263 e. The van der Waals surface area contributed by atoms with Crippen LogP contribution >= 0.6 is 34.3 Å². The Morgan fingerprint density at radius 3 is 2.70 bits per heavy atom. The van der Waals surface area contributed by atoms with Gasteiger partial charge in [0, 0.05) is 61.6 Å². The molecule has 3 aliphatic rings. The number of benzene rings is 1. The minimum atomic E-state index is -3.93. The van der Waals surface area contributed by atoms with Gasteiger partial charge < -0.3 is 14.7 Å². The van der Waals surface area contributed by atoms with E-state index in [4.69, 9.17) is 11.6 Å². The number of hydrogen-bond donors (Lipinski definition) is 1.